The summed E-state index contributed by atoms with van der Waals surface area (Å²) in [6, 6.07) is 9.43. The largest absolute Gasteiger partial charge is 0.314 e. The summed E-state index contributed by atoms with van der Waals surface area (Å²) in [5.74, 6) is 0. The van der Waals surface area contributed by atoms with Gasteiger partial charge in [-0.15, -0.1) is 0 Å². The molecular weight excluding hydrogens is 184 g/mol. The predicted molar refractivity (Wildman–Crippen MR) is 64.0 cm³/mol. The van der Waals surface area contributed by atoms with Crippen molar-refractivity contribution in [1.29, 1.82) is 0 Å². The zero-order chi connectivity index (χ0) is 10.7. The monoisotopic (exact) mass is 204 g/mol. The van der Waals surface area contributed by atoms with Crippen molar-refractivity contribution in [3.63, 3.8) is 0 Å². The number of nitrogens with zero attached hydrogens (tertiary/aromatic N) is 1. The van der Waals surface area contributed by atoms with Crippen molar-refractivity contribution in [3.05, 3.63) is 35.4 Å². The third-order valence-corrected chi connectivity index (χ3v) is 3.19. The fraction of sp³-hybridized carbons (Fsp3) is 0.538. The molecule has 1 atom stereocenters. The lowest BCUT2D eigenvalue weighted by Crippen LogP contribution is -2.45. The van der Waals surface area contributed by atoms with E-state index in [0.717, 1.165) is 26.2 Å². The van der Waals surface area contributed by atoms with Crippen LogP contribution in [0.4, 0.5) is 0 Å². The number of piperazine rings is 1. The van der Waals surface area contributed by atoms with E-state index in [1.807, 2.05) is 0 Å². The van der Waals surface area contributed by atoms with Crippen LogP contribution in [-0.2, 0) is 0 Å². The molecule has 0 saturated carbocycles. The van der Waals surface area contributed by atoms with Crippen LogP contribution in [0.1, 0.15) is 24.1 Å². The molecule has 1 aromatic rings. The van der Waals surface area contributed by atoms with Gasteiger partial charge in [0.25, 0.3) is 0 Å². The summed E-state index contributed by atoms with van der Waals surface area (Å²) in [6.45, 7) is 8.91. The van der Waals surface area contributed by atoms with Gasteiger partial charge in [0.2, 0.25) is 0 Å². The molecule has 0 aromatic heterocycles. The molecule has 2 heteroatoms. The first-order chi connectivity index (χ1) is 7.31. The van der Waals surface area contributed by atoms with Gasteiger partial charge in [0, 0.05) is 25.7 Å². The van der Waals surface area contributed by atoms with Crippen LogP contribution < -0.4 is 5.32 Å². The van der Waals surface area contributed by atoms with Crippen molar-refractivity contribution in [1.82, 2.24) is 10.2 Å². The molecule has 0 aliphatic carbocycles. The minimum atomic E-state index is 0.559. The summed E-state index contributed by atoms with van der Waals surface area (Å²) < 4.78 is 0. The van der Waals surface area contributed by atoms with Crippen molar-refractivity contribution >= 4 is 0 Å². The second kappa shape index (κ2) is 4.77. The van der Waals surface area contributed by atoms with Crippen LogP contribution in [0.15, 0.2) is 24.3 Å². The lowest BCUT2D eigenvalue weighted by molar-refractivity contribution is 0.171. The minimum Gasteiger partial charge on any atom is -0.314 e. The van der Waals surface area contributed by atoms with E-state index in [1.165, 1.54) is 11.1 Å². The molecule has 0 amide bonds. The third-order valence-electron chi connectivity index (χ3n) is 3.19. The molecular formula is C13H20N2. The van der Waals surface area contributed by atoms with E-state index in [9.17, 15) is 0 Å². The maximum atomic E-state index is 3.48. The van der Waals surface area contributed by atoms with E-state index in [2.05, 4.69) is 48.3 Å². The molecule has 2 rings (SSSR count). The molecule has 1 fully saturated rings. The lowest BCUT2D eigenvalue weighted by atomic mass is 10.0. The maximum Gasteiger partial charge on any atom is 0.0473 e. The van der Waals surface area contributed by atoms with Crippen LogP contribution >= 0.6 is 0 Å². The first kappa shape index (κ1) is 10.7. The van der Waals surface area contributed by atoms with Gasteiger partial charge < -0.3 is 5.32 Å². The first-order valence-electron chi connectivity index (χ1n) is 5.82. The Morgan fingerprint density at radius 1 is 1.47 bits per heavy atom. The van der Waals surface area contributed by atoms with Gasteiger partial charge in [0.15, 0.2) is 0 Å². The second-order valence-electron chi connectivity index (χ2n) is 4.26. The van der Waals surface area contributed by atoms with Crippen molar-refractivity contribution < 1.29 is 0 Å². The number of likely N-dealkylation sites (N-methyl/N-ethyl adjacent to an activating group) is 1. The number of nitrogens with one attached hydrogen (secondary N) is 1. The predicted octanol–water partition coefficient (Wildman–Crippen LogP) is 1.96. The highest BCUT2D eigenvalue weighted by atomic mass is 15.2. The zero-order valence-corrected chi connectivity index (χ0v) is 9.66. The SMILES string of the molecule is CCN1CCNCC1c1cccc(C)c1. The molecule has 1 N–H and O–H groups in total. The molecule has 15 heavy (non-hydrogen) atoms. The van der Waals surface area contributed by atoms with Gasteiger partial charge in [0.1, 0.15) is 0 Å². The Hall–Kier alpha value is -0.860. The summed E-state index contributed by atoms with van der Waals surface area (Å²) in [7, 11) is 0. The van der Waals surface area contributed by atoms with Crippen LogP contribution in [0.25, 0.3) is 0 Å². The smallest absolute Gasteiger partial charge is 0.0473 e. The number of aryl methyl sites for hydroxylation is 1. The van der Waals surface area contributed by atoms with Gasteiger partial charge in [-0.05, 0) is 19.0 Å². The normalized spacial score (nSPS) is 22.9. The summed E-state index contributed by atoms with van der Waals surface area (Å²) >= 11 is 0. The molecule has 0 bridgehead atoms. The average Bonchev–Trinajstić information content (AvgIpc) is 2.29. The number of benzene rings is 1. The lowest BCUT2D eigenvalue weighted by Gasteiger charge is -2.35. The highest BCUT2D eigenvalue weighted by molar-refractivity contribution is 5.25. The van der Waals surface area contributed by atoms with E-state index in [-0.39, 0.29) is 0 Å². The van der Waals surface area contributed by atoms with Crippen LogP contribution in [0.2, 0.25) is 0 Å². The Morgan fingerprint density at radius 2 is 2.33 bits per heavy atom. The molecule has 1 aromatic carbocycles. The average molecular weight is 204 g/mol. The van der Waals surface area contributed by atoms with Crippen molar-refractivity contribution in [2.24, 2.45) is 0 Å². The molecule has 1 saturated heterocycles. The van der Waals surface area contributed by atoms with E-state index < -0.39 is 0 Å². The Balaban J connectivity index is 2.20. The maximum absolute atomic E-state index is 3.48. The van der Waals surface area contributed by atoms with Crippen molar-refractivity contribution in [2.75, 3.05) is 26.2 Å². The second-order valence-corrected chi connectivity index (χ2v) is 4.26. The number of hydrogen-bond acceptors (Lipinski definition) is 2. The Morgan fingerprint density at radius 3 is 3.07 bits per heavy atom. The summed E-state index contributed by atoms with van der Waals surface area (Å²) in [4.78, 5) is 2.55. The Bertz CT molecular complexity index is 322. The van der Waals surface area contributed by atoms with Gasteiger partial charge in [-0.1, -0.05) is 36.8 Å². The molecule has 1 aliphatic rings. The minimum absolute atomic E-state index is 0.559. The van der Waals surface area contributed by atoms with Crippen LogP contribution in [-0.4, -0.2) is 31.1 Å². The Kier molecular flexibility index (Phi) is 3.39. The van der Waals surface area contributed by atoms with Gasteiger partial charge in [-0.2, -0.15) is 0 Å². The summed E-state index contributed by atoms with van der Waals surface area (Å²) in [5.41, 5.74) is 2.80. The standard InChI is InChI=1S/C13H20N2/c1-3-15-8-7-14-10-13(15)12-6-4-5-11(2)9-12/h4-6,9,13-14H,3,7-8,10H2,1-2H3. The molecule has 1 unspecified atom stereocenters. The number of hydrogen-bond donors (Lipinski definition) is 1. The summed E-state index contributed by atoms with van der Waals surface area (Å²) in [5, 5.41) is 3.48. The third kappa shape index (κ3) is 2.39. The first-order valence-corrected chi connectivity index (χ1v) is 5.82. The van der Waals surface area contributed by atoms with Crippen molar-refractivity contribution in [2.45, 2.75) is 19.9 Å². The van der Waals surface area contributed by atoms with Crippen molar-refractivity contribution in [3.8, 4) is 0 Å². The molecule has 82 valence electrons. The molecule has 0 spiro atoms. The molecule has 0 radical (unpaired) electrons. The zero-order valence-electron chi connectivity index (χ0n) is 9.66. The number of rotatable bonds is 2. The highest BCUT2D eigenvalue weighted by Crippen LogP contribution is 2.22. The fourth-order valence-corrected chi connectivity index (χ4v) is 2.33. The van der Waals surface area contributed by atoms with E-state index in [0.29, 0.717) is 6.04 Å². The fourth-order valence-electron chi connectivity index (χ4n) is 2.33. The quantitative estimate of drug-likeness (QED) is 0.792. The molecule has 1 heterocycles. The topological polar surface area (TPSA) is 15.3 Å². The van der Waals surface area contributed by atoms with Crippen LogP contribution in [0, 0.1) is 6.92 Å². The summed E-state index contributed by atoms with van der Waals surface area (Å²) in [6.07, 6.45) is 0. The van der Waals surface area contributed by atoms with Crippen LogP contribution in [0.3, 0.4) is 0 Å². The molecule has 1 aliphatic heterocycles. The van der Waals surface area contributed by atoms with Gasteiger partial charge in [-0.3, -0.25) is 4.90 Å². The Labute approximate surface area is 92.3 Å². The van der Waals surface area contributed by atoms with Crippen LogP contribution in [0.5, 0.6) is 0 Å². The van der Waals surface area contributed by atoms with E-state index in [1.54, 1.807) is 0 Å². The van der Waals surface area contributed by atoms with E-state index in [4.69, 9.17) is 0 Å². The van der Waals surface area contributed by atoms with E-state index >= 15 is 0 Å². The van der Waals surface area contributed by atoms with Gasteiger partial charge in [0.05, 0.1) is 0 Å². The highest BCUT2D eigenvalue weighted by Gasteiger charge is 2.21. The van der Waals surface area contributed by atoms with Gasteiger partial charge in [-0.25, -0.2) is 0 Å². The molecule has 2 nitrogen and oxygen atoms in total. The van der Waals surface area contributed by atoms with Gasteiger partial charge >= 0.3 is 0 Å².